The number of hydrogen-bond donors (Lipinski definition) is 0. The maximum absolute atomic E-state index is 13.7. The molecule has 0 saturated carbocycles. The predicted molar refractivity (Wildman–Crippen MR) is 115 cm³/mol. The van der Waals surface area contributed by atoms with Crippen LogP contribution in [-0.4, -0.2) is 11.8 Å². The molecule has 0 radical (unpaired) electrons. The molecule has 32 heavy (non-hydrogen) atoms. The van der Waals surface area contributed by atoms with Crippen molar-refractivity contribution in [3.63, 3.8) is 0 Å². The Hall–Kier alpha value is -2.93. The third kappa shape index (κ3) is 2.32. The molecule has 1 saturated heterocycles. The summed E-state index contributed by atoms with van der Waals surface area (Å²) in [6.45, 7) is 0. The van der Waals surface area contributed by atoms with Crippen LogP contribution in [0, 0.1) is 11.8 Å². The molecule has 2 atom stereocenters. The van der Waals surface area contributed by atoms with Gasteiger partial charge in [0.1, 0.15) is 0 Å². The molecule has 2 bridgehead atoms. The Kier molecular flexibility index (Phi) is 3.89. The second kappa shape index (κ2) is 6.32. The van der Waals surface area contributed by atoms with Gasteiger partial charge >= 0.3 is 6.18 Å². The number of hydrogen-bond acceptors (Lipinski definition) is 2. The summed E-state index contributed by atoms with van der Waals surface area (Å²) in [5.74, 6) is -2.72. The van der Waals surface area contributed by atoms with Crippen LogP contribution >= 0.6 is 15.9 Å². The van der Waals surface area contributed by atoms with E-state index in [-0.39, 0.29) is 11.6 Å². The molecule has 3 aromatic carbocycles. The molecule has 160 valence electrons. The van der Waals surface area contributed by atoms with Crippen LogP contribution in [0.15, 0.2) is 72.8 Å². The van der Waals surface area contributed by atoms with Gasteiger partial charge in [-0.2, -0.15) is 13.2 Å². The number of anilines is 1. The summed E-state index contributed by atoms with van der Waals surface area (Å²) in [6, 6.07) is 19.8. The van der Waals surface area contributed by atoms with E-state index in [1.165, 1.54) is 12.1 Å². The second-order valence-electron chi connectivity index (χ2n) is 8.43. The van der Waals surface area contributed by atoms with Gasteiger partial charge in [-0.3, -0.25) is 9.59 Å². The number of nitrogens with zero attached hydrogens (tertiary/aromatic N) is 1. The fourth-order valence-electron chi connectivity index (χ4n) is 5.75. The SMILES string of the molecule is O=C1[C@@H]2[C@@H](C(=O)N1c1cccc(C(F)(F)F)c1)C1c3ccccc3C2(Br)c2ccccc21. The fraction of sp³-hybridized carbons (Fsp3) is 0.200. The van der Waals surface area contributed by atoms with Crippen molar-refractivity contribution in [2.75, 3.05) is 4.90 Å². The van der Waals surface area contributed by atoms with Gasteiger partial charge in [0.15, 0.2) is 0 Å². The number of benzene rings is 3. The molecule has 3 nitrogen and oxygen atoms in total. The van der Waals surface area contributed by atoms with E-state index in [2.05, 4.69) is 15.9 Å². The molecule has 1 heterocycles. The highest BCUT2D eigenvalue weighted by molar-refractivity contribution is 9.09. The van der Waals surface area contributed by atoms with E-state index in [1.807, 2.05) is 48.5 Å². The van der Waals surface area contributed by atoms with Gasteiger partial charge in [-0.1, -0.05) is 70.5 Å². The van der Waals surface area contributed by atoms with E-state index < -0.39 is 39.7 Å². The molecule has 7 heteroatoms. The highest BCUT2D eigenvalue weighted by Crippen LogP contribution is 2.66. The molecule has 0 aromatic heterocycles. The molecule has 3 aromatic rings. The monoisotopic (exact) mass is 497 g/mol. The molecule has 7 rings (SSSR count). The molecular weight excluding hydrogens is 483 g/mol. The van der Waals surface area contributed by atoms with Gasteiger partial charge in [-0.15, -0.1) is 0 Å². The zero-order chi connectivity index (χ0) is 22.4. The molecule has 4 aliphatic rings. The highest BCUT2D eigenvalue weighted by Gasteiger charge is 2.67. The second-order valence-corrected chi connectivity index (χ2v) is 9.68. The van der Waals surface area contributed by atoms with Crippen molar-refractivity contribution in [1.29, 1.82) is 0 Å². The number of rotatable bonds is 1. The normalized spacial score (nSPS) is 27.9. The van der Waals surface area contributed by atoms with E-state index in [0.29, 0.717) is 0 Å². The largest absolute Gasteiger partial charge is 0.416 e. The quantitative estimate of drug-likeness (QED) is 0.323. The average Bonchev–Trinajstić information content (AvgIpc) is 3.05. The molecule has 0 unspecified atom stereocenters. The van der Waals surface area contributed by atoms with Gasteiger partial charge in [-0.25, -0.2) is 4.90 Å². The van der Waals surface area contributed by atoms with Gasteiger partial charge in [0.05, 0.1) is 27.4 Å². The minimum Gasteiger partial charge on any atom is -0.274 e. The van der Waals surface area contributed by atoms with Gasteiger partial charge in [0.25, 0.3) is 0 Å². The van der Waals surface area contributed by atoms with E-state index in [4.69, 9.17) is 0 Å². The van der Waals surface area contributed by atoms with Gasteiger partial charge in [0.2, 0.25) is 11.8 Å². The van der Waals surface area contributed by atoms with Crippen LogP contribution < -0.4 is 4.90 Å². The van der Waals surface area contributed by atoms with Crippen LogP contribution in [0.2, 0.25) is 0 Å². The Bertz CT molecular complexity index is 1270. The smallest absolute Gasteiger partial charge is 0.274 e. The summed E-state index contributed by atoms with van der Waals surface area (Å²) in [5, 5.41) is 0. The summed E-state index contributed by atoms with van der Waals surface area (Å²) in [6.07, 6.45) is -4.57. The minimum absolute atomic E-state index is 0.0483. The average molecular weight is 498 g/mol. The first-order valence-corrected chi connectivity index (χ1v) is 11.0. The van der Waals surface area contributed by atoms with Crippen molar-refractivity contribution in [2.24, 2.45) is 11.8 Å². The Labute approximate surface area is 190 Å². The summed E-state index contributed by atoms with van der Waals surface area (Å²) in [5.41, 5.74) is 2.85. The van der Waals surface area contributed by atoms with Crippen molar-refractivity contribution in [3.05, 3.63) is 101 Å². The lowest BCUT2D eigenvalue weighted by atomic mass is 9.55. The molecular formula is C25H15BrF3NO2. The topological polar surface area (TPSA) is 37.4 Å². The van der Waals surface area contributed by atoms with Gasteiger partial charge in [0, 0.05) is 5.92 Å². The standard InChI is InChI=1S/C25H15BrF3NO2/c26-24-17-10-3-1-8-15(17)19(16-9-2-4-11-18(16)24)20-21(24)23(32)30(22(20)31)14-7-5-6-13(12-14)25(27,28)29/h1-12,19-21H/t19?,20-,21-,24?/m0/s1. The number of carbonyl (C=O) groups excluding carboxylic acids is 2. The summed E-state index contributed by atoms with van der Waals surface area (Å²) in [4.78, 5) is 28.3. The van der Waals surface area contributed by atoms with E-state index in [9.17, 15) is 22.8 Å². The first-order chi connectivity index (χ1) is 15.2. The van der Waals surface area contributed by atoms with Crippen LogP contribution in [0.3, 0.4) is 0 Å². The third-order valence-corrected chi connectivity index (χ3v) is 8.29. The molecule has 2 amide bonds. The zero-order valence-corrected chi connectivity index (χ0v) is 18.0. The lowest BCUT2D eigenvalue weighted by Crippen LogP contribution is -2.50. The molecule has 3 aliphatic carbocycles. The summed E-state index contributed by atoms with van der Waals surface area (Å²) < 4.78 is 39.0. The Morgan fingerprint density at radius 2 is 1.41 bits per heavy atom. The zero-order valence-electron chi connectivity index (χ0n) is 16.4. The Morgan fingerprint density at radius 1 is 0.812 bits per heavy atom. The fourth-order valence-corrected chi connectivity index (χ4v) is 6.96. The number of carbonyl (C=O) groups is 2. The number of imide groups is 1. The van der Waals surface area contributed by atoms with Crippen LogP contribution in [-0.2, 0) is 20.1 Å². The lowest BCUT2D eigenvalue weighted by Gasteiger charge is -2.51. The number of alkyl halides is 4. The summed E-state index contributed by atoms with van der Waals surface area (Å²) >= 11 is 3.87. The van der Waals surface area contributed by atoms with E-state index >= 15 is 0 Å². The minimum atomic E-state index is -4.57. The first-order valence-electron chi connectivity index (χ1n) is 10.2. The molecule has 1 aliphatic heterocycles. The van der Waals surface area contributed by atoms with Gasteiger partial charge in [-0.05, 0) is 40.5 Å². The lowest BCUT2D eigenvalue weighted by molar-refractivity contribution is -0.137. The van der Waals surface area contributed by atoms with Gasteiger partial charge < -0.3 is 0 Å². The maximum atomic E-state index is 13.7. The van der Waals surface area contributed by atoms with E-state index in [1.54, 1.807) is 0 Å². The first kappa shape index (κ1) is 19.7. The highest BCUT2D eigenvalue weighted by atomic mass is 79.9. The maximum Gasteiger partial charge on any atom is 0.416 e. The molecule has 1 fully saturated rings. The van der Waals surface area contributed by atoms with Crippen molar-refractivity contribution in [2.45, 2.75) is 16.4 Å². The van der Waals surface area contributed by atoms with Crippen molar-refractivity contribution in [1.82, 2.24) is 0 Å². The number of halogens is 4. The van der Waals surface area contributed by atoms with Crippen LogP contribution in [0.1, 0.15) is 33.7 Å². The van der Waals surface area contributed by atoms with Crippen LogP contribution in [0.4, 0.5) is 18.9 Å². The number of amides is 2. The Balaban J connectivity index is 1.56. The van der Waals surface area contributed by atoms with Crippen molar-refractivity contribution < 1.29 is 22.8 Å². The predicted octanol–water partition coefficient (Wildman–Crippen LogP) is 5.61. The Morgan fingerprint density at radius 3 is 2.00 bits per heavy atom. The molecule has 0 N–H and O–H groups in total. The van der Waals surface area contributed by atoms with E-state index in [0.717, 1.165) is 39.3 Å². The van der Waals surface area contributed by atoms with Crippen molar-refractivity contribution >= 4 is 33.4 Å². The molecule has 0 spiro atoms. The van der Waals surface area contributed by atoms with Crippen LogP contribution in [0.25, 0.3) is 0 Å². The van der Waals surface area contributed by atoms with Crippen molar-refractivity contribution in [3.8, 4) is 0 Å². The van der Waals surface area contributed by atoms with Crippen LogP contribution in [0.5, 0.6) is 0 Å². The summed E-state index contributed by atoms with van der Waals surface area (Å²) in [7, 11) is 0. The third-order valence-electron chi connectivity index (χ3n) is 6.95.